The predicted molar refractivity (Wildman–Crippen MR) is 204 cm³/mol. The molecule has 6 atom stereocenters. The van der Waals surface area contributed by atoms with Gasteiger partial charge in [-0.2, -0.15) is 36.4 Å². The smallest absolute Gasteiger partial charge is 0.433 e. The number of pyridine rings is 2. The predicted octanol–water partition coefficient (Wildman–Crippen LogP) is 8.52. The normalized spacial score (nSPS) is 25.2. The van der Waals surface area contributed by atoms with Gasteiger partial charge in [-0.1, -0.05) is 76.8 Å². The van der Waals surface area contributed by atoms with Gasteiger partial charge in [0.1, 0.15) is 11.4 Å². The Morgan fingerprint density at radius 2 is 1.58 bits per heavy atom. The van der Waals surface area contributed by atoms with Gasteiger partial charge in [-0.15, -0.1) is 0 Å². The average molecular weight is 894 g/mol. The van der Waals surface area contributed by atoms with Crippen molar-refractivity contribution in [2.24, 2.45) is 23.7 Å². The number of anilines is 2. The number of carbonyl (C=O) groups excluding carboxylic acids is 4. The molecule has 60 heavy (non-hydrogen) atoms. The molecule has 312 valence electrons. The van der Waals surface area contributed by atoms with Gasteiger partial charge in [-0.3, -0.25) is 29.6 Å². The van der Waals surface area contributed by atoms with E-state index in [0.717, 1.165) is 11.1 Å². The number of benzene rings is 2. The average Bonchev–Trinajstić information content (AvgIpc) is 3.56. The van der Waals surface area contributed by atoms with Gasteiger partial charge in [-0.05, 0) is 67.1 Å². The van der Waals surface area contributed by atoms with Crippen molar-refractivity contribution in [3.8, 4) is 5.75 Å². The first-order chi connectivity index (χ1) is 28.2. The fourth-order valence-electron chi connectivity index (χ4n) is 9.23. The minimum absolute atomic E-state index is 0.0885. The summed E-state index contributed by atoms with van der Waals surface area (Å²) in [6.07, 6.45) is -7.89. The molecular formula is C40H29Cl3F6N6O5. The zero-order valence-electron chi connectivity index (χ0n) is 30.9. The van der Waals surface area contributed by atoms with Crippen molar-refractivity contribution >= 4 is 70.1 Å². The topological polar surface area (TPSA) is 136 Å². The van der Waals surface area contributed by atoms with Gasteiger partial charge in [0.2, 0.25) is 0 Å². The Bertz CT molecular complexity index is 2540. The number of phenolic OH excluding ortho intramolecular Hbond substituents is 1. The van der Waals surface area contributed by atoms with Crippen molar-refractivity contribution in [2.45, 2.75) is 43.5 Å². The Morgan fingerprint density at radius 1 is 0.883 bits per heavy atom. The Kier molecular flexibility index (Phi) is 9.90. The first-order valence-corrected chi connectivity index (χ1v) is 19.3. The standard InChI is InChI=1S/C40H29Cl3F6N6O5/c1-17-4-3-5-23(31(17)56)30-21-10-11-22-29(36(59)55(34(22)57)53(2)33-26(42)12-13-28(51-33)40(47,48)49)24(21)15-25-35(58)54(37(60)38(25,30)18-6-8-20(41)9-7-18)52-32-27(43)14-19(16-50-32)39(44,45)46/h3-10,12-14,16,22,24-25,29-30,56H,11,15H2,1-2H3,(H,50,52)/t22-,24+,25-,29-,30+,38+/m0/s1. The molecule has 2 aliphatic carbocycles. The molecule has 0 unspecified atom stereocenters. The lowest BCUT2D eigenvalue weighted by molar-refractivity contribution is -0.142. The van der Waals surface area contributed by atoms with Gasteiger partial charge < -0.3 is 5.11 Å². The van der Waals surface area contributed by atoms with Crippen LogP contribution in [-0.2, 0) is 36.9 Å². The van der Waals surface area contributed by atoms with Gasteiger partial charge in [0.15, 0.2) is 11.6 Å². The van der Waals surface area contributed by atoms with Crippen LogP contribution >= 0.6 is 34.8 Å². The monoisotopic (exact) mass is 892 g/mol. The van der Waals surface area contributed by atoms with E-state index in [1.165, 1.54) is 31.3 Å². The lowest BCUT2D eigenvalue weighted by Gasteiger charge is -2.50. The van der Waals surface area contributed by atoms with Crippen molar-refractivity contribution in [1.82, 2.24) is 20.0 Å². The van der Waals surface area contributed by atoms with Crippen LogP contribution in [0.25, 0.3) is 0 Å². The summed E-state index contributed by atoms with van der Waals surface area (Å²) >= 11 is 18.8. The Hall–Kier alpha value is -5.39. The van der Waals surface area contributed by atoms with Gasteiger partial charge in [0.25, 0.3) is 23.6 Å². The molecule has 0 spiro atoms. The third-order valence-electron chi connectivity index (χ3n) is 11.8. The Morgan fingerprint density at radius 3 is 2.23 bits per heavy atom. The molecule has 2 aromatic heterocycles. The highest BCUT2D eigenvalue weighted by Gasteiger charge is 2.71. The summed E-state index contributed by atoms with van der Waals surface area (Å²) in [5.74, 6) is -10.5. The van der Waals surface area contributed by atoms with Gasteiger partial charge in [0.05, 0.1) is 38.8 Å². The van der Waals surface area contributed by atoms with E-state index in [1.807, 2.05) is 0 Å². The highest BCUT2D eigenvalue weighted by molar-refractivity contribution is 6.33. The van der Waals surface area contributed by atoms with Crippen LogP contribution in [0.2, 0.25) is 15.1 Å². The van der Waals surface area contributed by atoms with Crippen molar-refractivity contribution < 1.29 is 50.6 Å². The summed E-state index contributed by atoms with van der Waals surface area (Å²) in [5.41, 5.74) is -0.651. The summed E-state index contributed by atoms with van der Waals surface area (Å²) in [4.78, 5) is 66.4. The van der Waals surface area contributed by atoms with E-state index in [2.05, 4.69) is 15.4 Å². The summed E-state index contributed by atoms with van der Waals surface area (Å²) in [5, 5.41) is 13.3. The molecule has 2 N–H and O–H groups in total. The molecule has 8 rings (SSSR count). The number of aryl methyl sites for hydroxylation is 1. The van der Waals surface area contributed by atoms with E-state index in [1.54, 1.807) is 31.2 Å². The maximum absolute atomic E-state index is 15.3. The number of hydrogen-bond donors (Lipinski definition) is 2. The minimum atomic E-state index is -4.89. The zero-order chi connectivity index (χ0) is 43.4. The first kappa shape index (κ1) is 41.3. The van der Waals surface area contributed by atoms with Crippen molar-refractivity contribution in [1.29, 1.82) is 0 Å². The molecule has 2 aromatic carbocycles. The molecule has 0 bridgehead atoms. The number of hydrogen-bond acceptors (Lipinski definition) is 9. The molecule has 4 aromatic rings. The molecule has 2 saturated heterocycles. The molecule has 4 amide bonds. The second-order valence-electron chi connectivity index (χ2n) is 14.9. The van der Waals surface area contributed by atoms with Gasteiger partial charge in [-0.25, -0.2) is 9.97 Å². The Labute approximate surface area is 351 Å². The van der Waals surface area contributed by atoms with Crippen molar-refractivity contribution in [2.75, 3.05) is 17.5 Å². The number of halogens is 9. The number of phenols is 1. The van der Waals surface area contributed by atoms with Crippen molar-refractivity contribution in [3.63, 3.8) is 0 Å². The second kappa shape index (κ2) is 14.4. The first-order valence-electron chi connectivity index (χ1n) is 18.1. The number of carbonyl (C=O) groups is 4. The molecule has 2 aliphatic heterocycles. The lowest BCUT2D eigenvalue weighted by Crippen LogP contribution is -2.53. The van der Waals surface area contributed by atoms with Crippen LogP contribution in [0.1, 0.15) is 46.7 Å². The third-order valence-corrected chi connectivity index (χ3v) is 12.7. The summed E-state index contributed by atoms with van der Waals surface area (Å²) in [7, 11) is 1.17. The van der Waals surface area contributed by atoms with E-state index < -0.39 is 98.9 Å². The molecule has 0 radical (unpaired) electrons. The fourth-order valence-corrected chi connectivity index (χ4v) is 9.79. The van der Waals surface area contributed by atoms with E-state index in [4.69, 9.17) is 34.8 Å². The maximum atomic E-state index is 15.3. The zero-order valence-corrected chi connectivity index (χ0v) is 33.2. The van der Waals surface area contributed by atoms with Crippen LogP contribution < -0.4 is 10.4 Å². The molecule has 20 heteroatoms. The number of alkyl halides is 6. The number of imide groups is 2. The van der Waals surface area contributed by atoms with Crippen LogP contribution in [0.3, 0.4) is 0 Å². The molecule has 11 nitrogen and oxygen atoms in total. The number of rotatable bonds is 6. The largest absolute Gasteiger partial charge is 0.507 e. The number of allylic oxidation sites excluding steroid dienone is 2. The van der Waals surface area contributed by atoms with E-state index in [9.17, 15) is 45.8 Å². The van der Waals surface area contributed by atoms with Crippen LogP contribution in [0.5, 0.6) is 5.75 Å². The summed E-state index contributed by atoms with van der Waals surface area (Å²) < 4.78 is 81.6. The van der Waals surface area contributed by atoms with Gasteiger partial charge >= 0.3 is 12.4 Å². The highest BCUT2D eigenvalue weighted by atomic mass is 35.5. The minimum Gasteiger partial charge on any atom is -0.507 e. The molecule has 3 fully saturated rings. The molecule has 4 heterocycles. The number of nitrogens with zero attached hydrogens (tertiary/aromatic N) is 5. The number of aromatic hydroxyl groups is 1. The van der Waals surface area contributed by atoms with Crippen LogP contribution in [0.4, 0.5) is 38.0 Å². The maximum Gasteiger partial charge on any atom is 0.433 e. The number of aromatic nitrogens is 2. The quantitative estimate of drug-likeness (QED) is 0.111. The number of fused-ring (bicyclic) bond motifs is 4. The van der Waals surface area contributed by atoms with Crippen molar-refractivity contribution in [3.05, 3.63) is 122 Å². The number of para-hydroxylation sites is 1. The summed E-state index contributed by atoms with van der Waals surface area (Å²) in [6, 6.07) is 13.0. The number of nitrogens with one attached hydrogen (secondary N) is 1. The fraction of sp³-hybridized carbons (Fsp3) is 0.300. The number of hydrazine groups is 2. The SMILES string of the molecule is Cc1cccc([C@H]2C3=CC[C@@H]4C(=O)N(N(C)c5nc(C(F)(F)F)ccc5Cl)C(=O)[C@@H]4[C@@H]3C[C@H]3C(=O)N(Nc4ncc(C(F)(F)F)cc4Cl)C(=O)[C@@]23c2ccc(Cl)cc2)c1O. The van der Waals surface area contributed by atoms with E-state index >= 15 is 4.79 Å². The van der Waals surface area contributed by atoms with Crippen LogP contribution in [-0.4, -0.2) is 55.8 Å². The molecular weight excluding hydrogens is 865 g/mol. The van der Waals surface area contributed by atoms with Crippen LogP contribution in [0, 0.1) is 30.6 Å². The second-order valence-corrected chi connectivity index (χ2v) is 16.2. The highest BCUT2D eigenvalue weighted by Crippen LogP contribution is 2.65. The molecule has 1 saturated carbocycles. The molecule has 4 aliphatic rings. The number of amides is 4. The van der Waals surface area contributed by atoms with E-state index in [0.29, 0.717) is 39.5 Å². The van der Waals surface area contributed by atoms with Gasteiger partial charge in [0, 0.05) is 29.7 Å². The van der Waals surface area contributed by atoms with Crippen LogP contribution in [0.15, 0.2) is 78.5 Å². The third kappa shape index (κ3) is 6.26. The summed E-state index contributed by atoms with van der Waals surface area (Å²) in [6.45, 7) is 1.62. The van der Waals surface area contributed by atoms with E-state index in [-0.39, 0.29) is 39.8 Å². The lowest BCUT2D eigenvalue weighted by atomic mass is 9.49. The Balaban J connectivity index is 1.28.